The maximum absolute atomic E-state index is 12.1. The van der Waals surface area contributed by atoms with Gasteiger partial charge >= 0.3 is 0 Å². The van der Waals surface area contributed by atoms with E-state index in [0.29, 0.717) is 17.0 Å². The maximum Gasteiger partial charge on any atom is 0.253 e. The van der Waals surface area contributed by atoms with Crippen LogP contribution in [0.2, 0.25) is 0 Å². The molecule has 0 saturated carbocycles. The first-order valence-corrected chi connectivity index (χ1v) is 5.64. The number of hydrogen-bond acceptors (Lipinski definition) is 3. The number of carbonyl (C=O) groups is 2. The van der Waals surface area contributed by atoms with Crippen molar-refractivity contribution in [3.63, 3.8) is 0 Å². The summed E-state index contributed by atoms with van der Waals surface area (Å²) in [7, 11) is 1.52. The lowest BCUT2D eigenvalue weighted by atomic mass is 9.89. The number of rotatable bonds is 2. The van der Waals surface area contributed by atoms with E-state index in [1.165, 1.54) is 7.11 Å². The average Bonchev–Trinajstić information content (AvgIpc) is 2.35. The molecular formula is C12H12ClNO3. The molecule has 1 aromatic rings. The fourth-order valence-electron chi connectivity index (χ4n) is 1.81. The van der Waals surface area contributed by atoms with Gasteiger partial charge in [-0.05, 0) is 18.6 Å². The molecule has 1 amide bonds. The Kier molecular flexibility index (Phi) is 2.83. The van der Waals surface area contributed by atoms with Crippen molar-refractivity contribution in [2.75, 3.05) is 12.4 Å². The summed E-state index contributed by atoms with van der Waals surface area (Å²) in [6.45, 7) is 1.71. The van der Waals surface area contributed by atoms with Gasteiger partial charge in [-0.25, -0.2) is 0 Å². The van der Waals surface area contributed by atoms with Crippen LogP contribution in [0.5, 0.6) is 5.75 Å². The van der Waals surface area contributed by atoms with Crippen LogP contribution in [-0.2, 0) is 4.79 Å². The molecule has 2 rings (SSSR count). The Morgan fingerprint density at radius 1 is 1.41 bits per heavy atom. The Hall–Kier alpha value is -1.55. The summed E-state index contributed by atoms with van der Waals surface area (Å²) >= 11 is 6.07. The zero-order chi connectivity index (χ0) is 12.6. The van der Waals surface area contributed by atoms with E-state index < -0.39 is 10.8 Å². The van der Waals surface area contributed by atoms with Crippen molar-refractivity contribution in [1.82, 2.24) is 0 Å². The molecular weight excluding hydrogens is 242 g/mol. The van der Waals surface area contributed by atoms with Crippen molar-refractivity contribution in [1.29, 1.82) is 0 Å². The molecule has 0 aliphatic carbocycles. The average molecular weight is 254 g/mol. The molecule has 0 fully saturated rings. The SMILES string of the molecule is CCC1(Cl)C(=O)Nc2cc(OC)ccc2C1=O. The number of anilines is 1. The Labute approximate surface area is 104 Å². The van der Waals surface area contributed by atoms with Crippen LogP contribution in [0.3, 0.4) is 0 Å². The second-order valence-corrected chi connectivity index (χ2v) is 4.49. The third-order valence-corrected chi connectivity index (χ3v) is 3.54. The minimum absolute atomic E-state index is 0.255. The van der Waals surface area contributed by atoms with Gasteiger partial charge in [0, 0.05) is 11.6 Å². The van der Waals surface area contributed by atoms with Crippen molar-refractivity contribution >= 4 is 29.0 Å². The molecule has 1 aliphatic rings. The van der Waals surface area contributed by atoms with E-state index in [9.17, 15) is 9.59 Å². The second kappa shape index (κ2) is 4.04. The summed E-state index contributed by atoms with van der Waals surface area (Å²) in [4.78, 5) is 22.5. The number of halogens is 1. The predicted molar refractivity (Wildman–Crippen MR) is 64.8 cm³/mol. The van der Waals surface area contributed by atoms with E-state index in [1.54, 1.807) is 25.1 Å². The van der Waals surface area contributed by atoms with Gasteiger partial charge in [-0.2, -0.15) is 0 Å². The van der Waals surface area contributed by atoms with Gasteiger partial charge in [0.15, 0.2) is 10.7 Å². The maximum atomic E-state index is 12.1. The molecule has 5 heteroatoms. The standard InChI is InChI=1S/C12H12ClNO3/c1-3-12(13)10(15)8-5-4-7(17-2)6-9(8)14-11(12)16/h4-6H,3H2,1-2H3,(H,14,16). The number of ketones is 1. The highest BCUT2D eigenvalue weighted by Crippen LogP contribution is 2.36. The van der Waals surface area contributed by atoms with Gasteiger partial charge in [-0.3, -0.25) is 9.59 Å². The van der Waals surface area contributed by atoms with Gasteiger partial charge in [0.1, 0.15) is 5.75 Å². The van der Waals surface area contributed by atoms with Gasteiger partial charge in [-0.1, -0.05) is 18.5 Å². The minimum Gasteiger partial charge on any atom is -0.497 e. The number of hydrogen-bond donors (Lipinski definition) is 1. The van der Waals surface area contributed by atoms with Gasteiger partial charge in [-0.15, -0.1) is 0 Å². The summed E-state index contributed by atoms with van der Waals surface area (Å²) in [5, 5.41) is 2.63. The van der Waals surface area contributed by atoms with Crippen LogP contribution >= 0.6 is 11.6 Å². The van der Waals surface area contributed by atoms with Crippen molar-refractivity contribution in [2.24, 2.45) is 0 Å². The first-order valence-electron chi connectivity index (χ1n) is 5.26. The van der Waals surface area contributed by atoms with Gasteiger partial charge in [0.05, 0.1) is 12.8 Å². The van der Waals surface area contributed by atoms with Gasteiger partial charge < -0.3 is 10.1 Å². The van der Waals surface area contributed by atoms with E-state index in [2.05, 4.69) is 5.32 Å². The minimum atomic E-state index is -1.48. The van der Waals surface area contributed by atoms with Crippen molar-refractivity contribution in [3.05, 3.63) is 23.8 Å². The van der Waals surface area contributed by atoms with E-state index in [0.717, 1.165) is 0 Å². The number of amides is 1. The summed E-state index contributed by atoms with van der Waals surface area (Å²) in [6.07, 6.45) is 0.255. The molecule has 17 heavy (non-hydrogen) atoms. The van der Waals surface area contributed by atoms with E-state index in [-0.39, 0.29) is 12.2 Å². The Morgan fingerprint density at radius 3 is 2.71 bits per heavy atom. The Morgan fingerprint density at radius 2 is 2.12 bits per heavy atom. The zero-order valence-electron chi connectivity index (χ0n) is 9.54. The Bertz CT molecular complexity index is 501. The number of nitrogens with one attached hydrogen (secondary N) is 1. The summed E-state index contributed by atoms with van der Waals surface area (Å²) in [6, 6.07) is 4.89. The molecule has 0 aromatic heterocycles. The summed E-state index contributed by atoms with van der Waals surface area (Å²) in [5.41, 5.74) is 0.867. The smallest absolute Gasteiger partial charge is 0.253 e. The van der Waals surface area contributed by atoms with E-state index >= 15 is 0 Å². The van der Waals surface area contributed by atoms with Gasteiger partial charge in [0.25, 0.3) is 5.91 Å². The number of methoxy groups -OCH3 is 1. The number of Topliss-reactive ketones (excluding diaryl/α,β-unsaturated/α-hetero) is 1. The predicted octanol–water partition coefficient (Wildman–Crippen LogP) is 2.22. The lowest BCUT2D eigenvalue weighted by Crippen LogP contribution is -2.48. The highest BCUT2D eigenvalue weighted by atomic mass is 35.5. The van der Waals surface area contributed by atoms with Gasteiger partial charge in [0.2, 0.25) is 0 Å². The van der Waals surface area contributed by atoms with Crippen molar-refractivity contribution in [2.45, 2.75) is 18.2 Å². The monoisotopic (exact) mass is 253 g/mol. The second-order valence-electron chi connectivity index (χ2n) is 3.85. The molecule has 1 unspecified atom stereocenters. The lowest BCUT2D eigenvalue weighted by molar-refractivity contribution is -0.117. The molecule has 1 atom stereocenters. The summed E-state index contributed by atoms with van der Waals surface area (Å²) in [5.74, 6) is -0.258. The molecule has 1 aromatic carbocycles. The van der Waals surface area contributed by atoms with E-state index in [4.69, 9.17) is 16.3 Å². The number of fused-ring (bicyclic) bond motifs is 1. The molecule has 1 aliphatic heterocycles. The quantitative estimate of drug-likeness (QED) is 0.650. The number of benzene rings is 1. The molecule has 0 bridgehead atoms. The fourth-order valence-corrected chi connectivity index (χ4v) is 1.96. The van der Waals surface area contributed by atoms with Crippen LogP contribution in [0, 0.1) is 0 Å². The molecule has 1 N–H and O–H groups in total. The largest absolute Gasteiger partial charge is 0.497 e. The number of carbonyl (C=O) groups excluding carboxylic acids is 2. The normalized spacial score (nSPS) is 23.0. The molecule has 1 heterocycles. The third-order valence-electron chi connectivity index (χ3n) is 2.93. The Balaban J connectivity index is 2.53. The molecule has 0 spiro atoms. The molecule has 0 radical (unpaired) electrons. The molecule has 0 saturated heterocycles. The van der Waals surface area contributed by atoms with Crippen molar-refractivity contribution in [3.8, 4) is 5.75 Å². The number of alkyl halides is 1. The van der Waals surface area contributed by atoms with Crippen LogP contribution in [0.1, 0.15) is 23.7 Å². The zero-order valence-corrected chi connectivity index (χ0v) is 10.3. The van der Waals surface area contributed by atoms with Crippen molar-refractivity contribution < 1.29 is 14.3 Å². The topological polar surface area (TPSA) is 55.4 Å². The van der Waals surface area contributed by atoms with Crippen LogP contribution < -0.4 is 10.1 Å². The van der Waals surface area contributed by atoms with Crippen LogP contribution in [-0.4, -0.2) is 23.7 Å². The van der Waals surface area contributed by atoms with Crippen LogP contribution in [0.15, 0.2) is 18.2 Å². The van der Waals surface area contributed by atoms with Crippen LogP contribution in [0.25, 0.3) is 0 Å². The highest BCUT2D eigenvalue weighted by molar-refractivity contribution is 6.52. The van der Waals surface area contributed by atoms with E-state index in [1.807, 2.05) is 0 Å². The first-order chi connectivity index (χ1) is 8.02. The van der Waals surface area contributed by atoms with Crippen LogP contribution in [0.4, 0.5) is 5.69 Å². The highest BCUT2D eigenvalue weighted by Gasteiger charge is 2.47. The third kappa shape index (κ3) is 1.69. The molecule has 4 nitrogen and oxygen atoms in total. The fraction of sp³-hybridized carbons (Fsp3) is 0.333. The molecule has 90 valence electrons. The first kappa shape index (κ1) is 11.9. The lowest BCUT2D eigenvalue weighted by Gasteiger charge is -2.29. The summed E-state index contributed by atoms with van der Waals surface area (Å²) < 4.78 is 5.03. The number of ether oxygens (including phenoxy) is 1.